The molecule has 0 aromatic heterocycles. The van der Waals surface area contributed by atoms with Crippen LogP contribution in [0, 0.1) is 45.3 Å². The van der Waals surface area contributed by atoms with Crippen molar-refractivity contribution in [3.05, 3.63) is 11.6 Å². The Hall–Kier alpha value is -0.430. The second kappa shape index (κ2) is 10.9. The highest BCUT2D eigenvalue weighted by atomic mass is 32.2. The molecule has 0 spiro atoms. The minimum Gasteiger partial charge on any atom is -0.390 e. The van der Waals surface area contributed by atoms with E-state index in [4.69, 9.17) is 0 Å². The van der Waals surface area contributed by atoms with Crippen LogP contribution in [0.3, 0.4) is 0 Å². The van der Waals surface area contributed by atoms with Crippen LogP contribution in [0.1, 0.15) is 139 Å². The molecule has 0 amide bonds. The number of aliphatic hydroxyl groups is 1. The minimum atomic E-state index is -3.44. The van der Waals surface area contributed by atoms with Crippen molar-refractivity contribution in [3.63, 3.8) is 0 Å². The van der Waals surface area contributed by atoms with Gasteiger partial charge in [0, 0.05) is 19.1 Å². The molecule has 5 nitrogen and oxygen atoms in total. The van der Waals surface area contributed by atoms with E-state index in [0.29, 0.717) is 36.8 Å². The van der Waals surface area contributed by atoms with Gasteiger partial charge in [0.2, 0.25) is 0 Å². The Kier molecular flexibility index (Phi) is 8.48. The number of fused-ring (bicyclic) bond motifs is 5. The Morgan fingerprint density at radius 2 is 1.56 bits per heavy atom. The fourth-order valence-electron chi connectivity index (χ4n) is 11.9. The molecule has 6 heteroatoms. The van der Waals surface area contributed by atoms with Gasteiger partial charge < -0.3 is 5.11 Å². The van der Waals surface area contributed by atoms with Gasteiger partial charge in [0.1, 0.15) is 0 Å². The van der Waals surface area contributed by atoms with Crippen LogP contribution in [-0.2, 0) is 10.2 Å². The van der Waals surface area contributed by atoms with Crippen molar-refractivity contribution >= 4 is 10.2 Å². The molecular formula is C35H62N2O3S. The lowest BCUT2D eigenvalue weighted by Crippen LogP contribution is -2.66. The summed E-state index contributed by atoms with van der Waals surface area (Å²) in [6, 6.07) is -0.00412. The number of hydrogen-bond acceptors (Lipinski definition) is 3. The first-order valence-corrected chi connectivity index (χ1v) is 18.6. The van der Waals surface area contributed by atoms with E-state index in [9.17, 15) is 13.5 Å². The Morgan fingerprint density at radius 3 is 2.22 bits per heavy atom. The van der Waals surface area contributed by atoms with E-state index in [-0.39, 0.29) is 27.7 Å². The minimum absolute atomic E-state index is 0.00412. The van der Waals surface area contributed by atoms with Crippen molar-refractivity contribution in [1.29, 1.82) is 0 Å². The fourth-order valence-corrected chi connectivity index (χ4v) is 13.6. The Labute approximate surface area is 252 Å². The molecule has 4 saturated carbocycles. The number of nitrogens with zero attached hydrogens (tertiary/aromatic N) is 1. The SMILES string of the molecule is CC(C)=CCCC(C)(O)C1CC[C@]2(C)C1CCC1[C@@]3(C)CCC(NS(=O)(=O)N4CCCCC4)C(C)(C)C3CC[C@]12C. The van der Waals surface area contributed by atoms with Crippen molar-refractivity contribution in [2.45, 2.75) is 151 Å². The predicted molar refractivity (Wildman–Crippen MR) is 170 cm³/mol. The number of piperidine rings is 1. The van der Waals surface area contributed by atoms with Gasteiger partial charge in [-0.25, -0.2) is 0 Å². The number of rotatable bonds is 7. The first-order chi connectivity index (χ1) is 19.0. The van der Waals surface area contributed by atoms with Crippen LogP contribution in [-0.4, -0.2) is 42.6 Å². The second-order valence-electron chi connectivity index (χ2n) is 17.0. The second-order valence-corrected chi connectivity index (χ2v) is 18.7. The monoisotopic (exact) mass is 590 g/mol. The third-order valence-electron chi connectivity index (χ3n) is 14.4. The van der Waals surface area contributed by atoms with Crippen molar-refractivity contribution in [2.24, 2.45) is 45.3 Å². The lowest BCUT2D eigenvalue weighted by Gasteiger charge is -2.70. The summed E-state index contributed by atoms with van der Waals surface area (Å²) in [4.78, 5) is 0. The third-order valence-corrected chi connectivity index (χ3v) is 16.0. The zero-order valence-corrected chi connectivity index (χ0v) is 28.5. The molecule has 1 heterocycles. The largest absolute Gasteiger partial charge is 0.390 e. The summed E-state index contributed by atoms with van der Waals surface area (Å²) in [5, 5.41) is 11.8. The lowest BCUT2D eigenvalue weighted by atomic mass is 9.35. The molecule has 5 rings (SSSR count). The molecule has 0 radical (unpaired) electrons. The summed E-state index contributed by atoms with van der Waals surface area (Å²) in [5.41, 5.74) is 1.40. The summed E-state index contributed by atoms with van der Waals surface area (Å²) >= 11 is 0. The van der Waals surface area contributed by atoms with Crippen molar-refractivity contribution in [3.8, 4) is 0 Å². The van der Waals surface area contributed by atoms with E-state index >= 15 is 0 Å². The average Bonchev–Trinajstić information content (AvgIpc) is 3.25. The molecule has 1 saturated heterocycles. The Bertz CT molecular complexity index is 1100. The molecule has 4 aliphatic carbocycles. The van der Waals surface area contributed by atoms with E-state index in [1.807, 2.05) is 0 Å². The van der Waals surface area contributed by atoms with Gasteiger partial charge in [-0.2, -0.15) is 17.4 Å². The summed E-state index contributed by atoms with van der Waals surface area (Å²) in [7, 11) is -3.44. The lowest BCUT2D eigenvalue weighted by molar-refractivity contribution is -0.211. The first-order valence-electron chi connectivity index (χ1n) is 17.1. The quantitative estimate of drug-likeness (QED) is 0.297. The van der Waals surface area contributed by atoms with Gasteiger partial charge in [-0.3, -0.25) is 0 Å². The average molecular weight is 591 g/mol. The molecule has 0 aromatic rings. The van der Waals surface area contributed by atoms with E-state index in [2.05, 4.69) is 66.2 Å². The summed E-state index contributed by atoms with van der Waals surface area (Å²) < 4.78 is 31.8. The molecule has 9 atom stereocenters. The maximum absolute atomic E-state index is 13.4. The van der Waals surface area contributed by atoms with Gasteiger partial charge >= 0.3 is 0 Å². The zero-order chi connectivity index (χ0) is 30.1. The van der Waals surface area contributed by atoms with Gasteiger partial charge in [-0.1, -0.05) is 52.7 Å². The third kappa shape index (κ3) is 5.21. The molecule has 0 bridgehead atoms. The van der Waals surface area contributed by atoms with Gasteiger partial charge in [0.05, 0.1) is 5.60 Å². The van der Waals surface area contributed by atoms with Gasteiger partial charge in [-0.05, 0) is 143 Å². The molecule has 41 heavy (non-hydrogen) atoms. The van der Waals surface area contributed by atoms with E-state index in [1.165, 1.54) is 37.7 Å². The van der Waals surface area contributed by atoms with Crippen LogP contribution in [0.2, 0.25) is 0 Å². The highest BCUT2D eigenvalue weighted by molar-refractivity contribution is 7.87. The molecule has 1 aliphatic heterocycles. The summed E-state index contributed by atoms with van der Waals surface area (Å²) in [6.45, 7) is 20.3. The normalized spacial score (nSPS) is 44.3. The Morgan fingerprint density at radius 1 is 0.902 bits per heavy atom. The highest BCUT2D eigenvalue weighted by Gasteiger charge is 2.69. The van der Waals surface area contributed by atoms with Crippen LogP contribution < -0.4 is 4.72 Å². The molecule has 236 valence electrons. The number of nitrogens with one attached hydrogen (secondary N) is 1. The van der Waals surface area contributed by atoms with Gasteiger partial charge in [0.25, 0.3) is 10.2 Å². The number of allylic oxidation sites excluding steroid dienone is 2. The van der Waals surface area contributed by atoms with E-state index in [1.54, 1.807) is 4.31 Å². The maximum Gasteiger partial charge on any atom is 0.279 e. The predicted octanol–water partition coefficient (Wildman–Crippen LogP) is 7.86. The standard InChI is InChI=1S/C35H62N2O3S/c1-25(2)13-12-19-35(8,38)27-16-21-33(6)26(27)14-15-29-32(5)20-18-30(31(3,4)28(32)17-22-34(29,33)7)36-41(39,40)37-23-10-9-11-24-37/h13,26-30,36,38H,9-12,14-24H2,1-8H3/t26?,27?,28?,29?,30?,32-,33+,34+,35?/m0/s1. The van der Waals surface area contributed by atoms with Crippen LogP contribution in [0.4, 0.5) is 0 Å². The van der Waals surface area contributed by atoms with Gasteiger partial charge in [0.15, 0.2) is 0 Å². The molecular weight excluding hydrogens is 528 g/mol. The van der Waals surface area contributed by atoms with Crippen LogP contribution in [0.25, 0.3) is 0 Å². The van der Waals surface area contributed by atoms with Crippen LogP contribution in [0.5, 0.6) is 0 Å². The molecule has 5 fully saturated rings. The topological polar surface area (TPSA) is 69.6 Å². The van der Waals surface area contributed by atoms with Crippen molar-refractivity contribution in [1.82, 2.24) is 9.03 Å². The summed E-state index contributed by atoms with van der Waals surface area (Å²) in [5.74, 6) is 2.15. The highest BCUT2D eigenvalue weighted by Crippen LogP contribution is 2.75. The van der Waals surface area contributed by atoms with Crippen LogP contribution in [0.15, 0.2) is 11.6 Å². The van der Waals surface area contributed by atoms with E-state index in [0.717, 1.165) is 51.4 Å². The van der Waals surface area contributed by atoms with E-state index < -0.39 is 15.8 Å². The van der Waals surface area contributed by atoms with Crippen LogP contribution >= 0.6 is 0 Å². The molecule has 6 unspecified atom stereocenters. The Balaban J connectivity index is 1.35. The molecule has 5 aliphatic rings. The molecule has 0 aromatic carbocycles. The fraction of sp³-hybridized carbons (Fsp3) is 0.943. The number of hydrogen-bond donors (Lipinski definition) is 2. The van der Waals surface area contributed by atoms with Crippen molar-refractivity contribution in [2.75, 3.05) is 13.1 Å². The van der Waals surface area contributed by atoms with Gasteiger partial charge in [-0.15, -0.1) is 0 Å². The first kappa shape index (κ1) is 32.0. The maximum atomic E-state index is 13.4. The zero-order valence-electron chi connectivity index (χ0n) is 27.7. The van der Waals surface area contributed by atoms with Crippen molar-refractivity contribution < 1.29 is 13.5 Å². The smallest absolute Gasteiger partial charge is 0.279 e. The molecule has 2 N–H and O–H groups in total. The summed E-state index contributed by atoms with van der Waals surface area (Å²) in [6.07, 6.45) is 16.5.